The van der Waals surface area contributed by atoms with Crippen LogP contribution in [0.3, 0.4) is 0 Å². The second kappa shape index (κ2) is 9.53. The number of ether oxygens (including phenoxy) is 1. The SMILES string of the molecule is CCC(C)C(C(=O)OC(C)C(=O)Nc1ccc(Br)cc1)c1ccccc1. The summed E-state index contributed by atoms with van der Waals surface area (Å²) in [7, 11) is 0. The van der Waals surface area contributed by atoms with Gasteiger partial charge in [-0.15, -0.1) is 0 Å². The molecule has 5 heteroatoms. The fourth-order valence-corrected chi connectivity index (χ4v) is 2.94. The van der Waals surface area contributed by atoms with Gasteiger partial charge in [-0.3, -0.25) is 9.59 Å². The number of rotatable bonds is 7. The number of benzene rings is 2. The normalized spacial score (nSPS) is 14.2. The minimum Gasteiger partial charge on any atom is -0.452 e. The van der Waals surface area contributed by atoms with Gasteiger partial charge in [0, 0.05) is 10.2 Å². The van der Waals surface area contributed by atoms with Crippen LogP contribution in [0.1, 0.15) is 38.7 Å². The van der Waals surface area contributed by atoms with Gasteiger partial charge in [-0.25, -0.2) is 0 Å². The molecule has 0 fully saturated rings. The molecule has 0 radical (unpaired) electrons. The van der Waals surface area contributed by atoms with Crippen LogP contribution in [-0.4, -0.2) is 18.0 Å². The highest BCUT2D eigenvalue weighted by Gasteiger charge is 2.30. The zero-order valence-electron chi connectivity index (χ0n) is 15.2. The molecule has 2 aromatic rings. The van der Waals surface area contributed by atoms with E-state index in [1.165, 1.54) is 0 Å². The molecular weight excluding hydrogens is 394 g/mol. The molecule has 0 aliphatic carbocycles. The Morgan fingerprint density at radius 2 is 1.65 bits per heavy atom. The Bertz CT molecular complexity index is 731. The molecule has 0 heterocycles. The molecule has 0 bridgehead atoms. The Hall–Kier alpha value is -2.14. The van der Waals surface area contributed by atoms with Crippen molar-refractivity contribution < 1.29 is 14.3 Å². The van der Waals surface area contributed by atoms with Crippen molar-refractivity contribution in [2.24, 2.45) is 5.92 Å². The molecule has 0 saturated heterocycles. The predicted molar refractivity (Wildman–Crippen MR) is 107 cm³/mol. The molecule has 26 heavy (non-hydrogen) atoms. The van der Waals surface area contributed by atoms with E-state index in [-0.39, 0.29) is 23.7 Å². The maximum Gasteiger partial charge on any atom is 0.314 e. The first-order valence-corrected chi connectivity index (χ1v) is 9.53. The monoisotopic (exact) mass is 417 g/mol. The average molecular weight is 418 g/mol. The second-order valence-corrected chi connectivity index (χ2v) is 7.26. The van der Waals surface area contributed by atoms with Gasteiger partial charge in [-0.2, -0.15) is 0 Å². The summed E-state index contributed by atoms with van der Waals surface area (Å²) in [5.41, 5.74) is 1.56. The zero-order valence-corrected chi connectivity index (χ0v) is 16.8. The van der Waals surface area contributed by atoms with E-state index in [4.69, 9.17) is 4.74 Å². The zero-order chi connectivity index (χ0) is 19.1. The molecule has 0 aromatic heterocycles. The van der Waals surface area contributed by atoms with Crippen molar-refractivity contribution in [3.05, 3.63) is 64.6 Å². The fraction of sp³-hybridized carbons (Fsp3) is 0.333. The third kappa shape index (κ3) is 5.43. The summed E-state index contributed by atoms with van der Waals surface area (Å²) in [6, 6.07) is 16.8. The lowest BCUT2D eigenvalue weighted by molar-refractivity contribution is -0.155. The van der Waals surface area contributed by atoms with Gasteiger partial charge in [0.25, 0.3) is 5.91 Å². The van der Waals surface area contributed by atoms with Crippen LogP contribution in [0, 0.1) is 5.92 Å². The predicted octanol–water partition coefficient (Wildman–Crippen LogP) is 5.15. The summed E-state index contributed by atoms with van der Waals surface area (Å²) in [4.78, 5) is 25.1. The summed E-state index contributed by atoms with van der Waals surface area (Å²) >= 11 is 3.35. The van der Waals surface area contributed by atoms with Crippen molar-refractivity contribution in [3.8, 4) is 0 Å². The molecule has 0 aliphatic heterocycles. The number of anilines is 1. The first-order valence-electron chi connectivity index (χ1n) is 8.74. The fourth-order valence-electron chi connectivity index (χ4n) is 2.67. The summed E-state index contributed by atoms with van der Waals surface area (Å²) in [5.74, 6) is -0.989. The summed E-state index contributed by atoms with van der Waals surface area (Å²) in [6.07, 6.45) is -0.0323. The molecule has 3 atom stereocenters. The molecule has 0 aliphatic rings. The number of carbonyl (C=O) groups is 2. The standard InChI is InChI=1S/C21H24BrNO3/c1-4-14(2)19(16-8-6-5-7-9-16)21(25)26-15(3)20(24)23-18-12-10-17(22)11-13-18/h5-15,19H,4H2,1-3H3,(H,23,24). The number of hydrogen-bond donors (Lipinski definition) is 1. The number of nitrogens with one attached hydrogen (secondary N) is 1. The highest BCUT2D eigenvalue weighted by molar-refractivity contribution is 9.10. The van der Waals surface area contributed by atoms with Gasteiger partial charge >= 0.3 is 5.97 Å². The maximum absolute atomic E-state index is 12.7. The molecule has 1 N–H and O–H groups in total. The Morgan fingerprint density at radius 3 is 2.23 bits per heavy atom. The molecule has 2 rings (SSSR count). The van der Waals surface area contributed by atoms with Gasteiger partial charge in [0.1, 0.15) is 0 Å². The van der Waals surface area contributed by atoms with Crippen molar-refractivity contribution >= 4 is 33.5 Å². The summed E-state index contributed by atoms with van der Waals surface area (Å²) < 4.78 is 6.41. The Kier molecular flexibility index (Phi) is 7.39. The van der Waals surface area contributed by atoms with Crippen molar-refractivity contribution in [1.29, 1.82) is 0 Å². The van der Waals surface area contributed by atoms with Crippen LogP contribution in [0.4, 0.5) is 5.69 Å². The number of halogens is 1. The van der Waals surface area contributed by atoms with Gasteiger partial charge in [0.15, 0.2) is 6.10 Å². The Balaban J connectivity index is 2.05. The molecule has 4 nitrogen and oxygen atoms in total. The van der Waals surface area contributed by atoms with Crippen molar-refractivity contribution in [2.45, 2.75) is 39.2 Å². The van der Waals surface area contributed by atoms with Gasteiger partial charge in [0.2, 0.25) is 0 Å². The highest BCUT2D eigenvalue weighted by atomic mass is 79.9. The van der Waals surface area contributed by atoms with Crippen molar-refractivity contribution in [2.75, 3.05) is 5.32 Å². The number of esters is 1. The average Bonchev–Trinajstić information content (AvgIpc) is 2.64. The van der Waals surface area contributed by atoms with Gasteiger partial charge in [-0.1, -0.05) is 66.5 Å². The minimum absolute atomic E-state index is 0.117. The van der Waals surface area contributed by atoms with E-state index in [9.17, 15) is 9.59 Å². The van der Waals surface area contributed by atoms with Crippen LogP contribution in [-0.2, 0) is 14.3 Å². The molecule has 2 aromatic carbocycles. The highest BCUT2D eigenvalue weighted by Crippen LogP contribution is 2.28. The first-order chi connectivity index (χ1) is 12.4. The lowest BCUT2D eigenvalue weighted by Crippen LogP contribution is -2.33. The summed E-state index contributed by atoms with van der Waals surface area (Å²) in [6.45, 7) is 5.65. The van der Waals surface area contributed by atoms with E-state index in [2.05, 4.69) is 21.2 Å². The summed E-state index contributed by atoms with van der Waals surface area (Å²) in [5, 5.41) is 2.76. The lowest BCUT2D eigenvalue weighted by atomic mass is 9.85. The van der Waals surface area contributed by atoms with E-state index in [1.54, 1.807) is 19.1 Å². The molecule has 3 unspecified atom stereocenters. The van der Waals surface area contributed by atoms with Gasteiger partial charge < -0.3 is 10.1 Å². The van der Waals surface area contributed by atoms with Crippen LogP contribution < -0.4 is 5.32 Å². The Morgan fingerprint density at radius 1 is 1.04 bits per heavy atom. The van der Waals surface area contributed by atoms with Crippen LogP contribution >= 0.6 is 15.9 Å². The molecule has 1 amide bonds. The van der Waals surface area contributed by atoms with Crippen molar-refractivity contribution in [1.82, 2.24) is 0 Å². The molecular formula is C21H24BrNO3. The van der Waals surface area contributed by atoms with E-state index in [0.29, 0.717) is 5.69 Å². The van der Waals surface area contributed by atoms with Crippen LogP contribution in [0.2, 0.25) is 0 Å². The molecule has 0 saturated carbocycles. The third-order valence-electron chi connectivity index (χ3n) is 4.40. The second-order valence-electron chi connectivity index (χ2n) is 6.35. The van der Waals surface area contributed by atoms with E-state index < -0.39 is 6.10 Å². The van der Waals surface area contributed by atoms with Crippen LogP contribution in [0.5, 0.6) is 0 Å². The van der Waals surface area contributed by atoms with Gasteiger partial charge in [0.05, 0.1) is 5.92 Å². The minimum atomic E-state index is -0.874. The maximum atomic E-state index is 12.7. The Labute approximate surface area is 163 Å². The lowest BCUT2D eigenvalue weighted by Gasteiger charge is -2.23. The van der Waals surface area contributed by atoms with Crippen LogP contribution in [0.25, 0.3) is 0 Å². The van der Waals surface area contributed by atoms with Gasteiger partial charge in [-0.05, 0) is 42.7 Å². The van der Waals surface area contributed by atoms with E-state index >= 15 is 0 Å². The quantitative estimate of drug-likeness (QED) is 0.633. The topological polar surface area (TPSA) is 55.4 Å². The van der Waals surface area contributed by atoms with Crippen molar-refractivity contribution in [3.63, 3.8) is 0 Å². The molecule has 0 spiro atoms. The third-order valence-corrected chi connectivity index (χ3v) is 4.93. The van der Waals surface area contributed by atoms with E-state index in [0.717, 1.165) is 16.5 Å². The molecule has 138 valence electrons. The van der Waals surface area contributed by atoms with Crippen LogP contribution in [0.15, 0.2) is 59.1 Å². The number of amides is 1. The first kappa shape index (κ1) is 20.2. The number of carbonyl (C=O) groups excluding carboxylic acids is 2. The number of hydrogen-bond acceptors (Lipinski definition) is 3. The van der Waals surface area contributed by atoms with E-state index in [1.807, 2.05) is 56.3 Å². The smallest absolute Gasteiger partial charge is 0.314 e. The largest absolute Gasteiger partial charge is 0.452 e.